The molecule has 0 saturated carbocycles. The third kappa shape index (κ3) is 4.59. The lowest BCUT2D eigenvalue weighted by Crippen LogP contribution is -2.43. The lowest BCUT2D eigenvalue weighted by atomic mass is 9.96. The number of sulfonamides is 1. The summed E-state index contributed by atoms with van der Waals surface area (Å²) in [6.07, 6.45) is 0.967. The summed E-state index contributed by atoms with van der Waals surface area (Å²) in [5.41, 5.74) is 2.24. The highest BCUT2D eigenvalue weighted by atomic mass is 32.2. The first-order valence-electron chi connectivity index (χ1n) is 9.33. The van der Waals surface area contributed by atoms with Gasteiger partial charge >= 0.3 is 0 Å². The van der Waals surface area contributed by atoms with E-state index in [1.165, 1.54) is 22.0 Å². The van der Waals surface area contributed by atoms with Crippen molar-refractivity contribution in [3.05, 3.63) is 65.5 Å². The molecule has 28 heavy (non-hydrogen) atoms. The Hall–Kier alpha value is -2.25. The van der Waals surface area contributed by atoms with Crippen molar-refractivity contribution < 1.29 is 17.6 Å². The molecule has 0 unspecified atom stereocenters. The zero-order valence-electron chi connectivity index (χ0n) is 16.1. The molecule has 1 heterocycles. The molecular formula is C21H25FN2O3S. The van der Waals surface area contributed by atoms with Crippen LogP contribution < -0.4 is 0 Å². The first-order valence-corrected chi connectivity index (χ1v) is 10.8. The molecule has 0 radical (unpaired) electrons. The first kappa shape index (κ1) is 20.5. The van der Waals surface area contributed by atoms with Gasteiger partial charge in [0.05, 0.1) is 4.90 Å². The SMILES string of the molecule is Cc1ccc(CN(C)C(=O)C2CCN(S(=O)(=O)c3ccc(F)cc3)CC2)cc1. The van der Waals surface area contributed by atoms with Gasteiger partial charge in [-0.25, -0.2) is 12.8 Å². The maximum Gasteiger partial charge on any atom is 0.243 e. The third-order valence-electron chi connectivity index (χ3n) is 5.17. The van der Waals surface area contributed by atoms with Crippen molar-refractivity contribution >= 4 is 15.9 Å². The molecule has 1 saturated heterocycles. The van der Waals surface area contributed by atoms with Crippen LogP contribution in [0.25, 0.3) is 0 Å². The largest absolute Gasteiger partial charge is 0.341 e. The number of carbonyl (C=O) groups excluding carboxylic acids is 1. The monoisotopic (exact) mass is 404 g/mol. The van der Waals surface area contributed by atoms with E-state index in [9.17, 15) is 17.6 Å². The van der Waals surface area contributed by atoms with Crippen LogP contribution in [0.1, 0.15) is 24.0 Å². The van der Waals surface area contributed by atoms with Crippen molar-refractivity contribution in [3.8, 4) is 0 Å². The molecule has 7 heteroatoms. The minimum Gasteiger partial charge on any atom is -0.341 e. The summed E-state index contributed by atoms with van der Waals surface area (Å²) in [6, 6.07) is 12.9. The van der Waals surface area contributed by atoms with Gasteiger partial charge in [-0.05, 0) is 49.6 Å². The Labute approximate surface area is 165 Å². The number of hydrogen-bond acceptors (Lipinski definition) is 3. The Bertz CT molecular complexity index is 919. The summed E-state index contributed by atoms with van der Waals surface area (Å²) in [5, 5.41) is 0. The van der Waals surface area contributed by atoms with Gasteiger partial charge in [-0.1, -0.05) is 29.8 Å². The summed E-state index contributed by atoms with van der Waals surface area (Å²) in [5.74, 6) is -0.616. The number of carbonyl (C=O) groups is 1. The normalized spacial score (nSPS) is 16.1. The molecule has 0 aromatic heterocycles. The summed E-state index contributed by atoms with van der Waals surface area (Å²) in [7, 11) is -1.88. The fourth-order valence-electron chi connectivity index (χ4n) is 3.46. The zero-order chi connectivity index (χ0) is 20.3. The Morgan fingerprint density at radius 1 is 1.07 bits per heavy atom. The second-order valence-corrected chi connectivity index (χ2v) is 9.25. The van der Waals surface area contributed by atoms with E-state index in [0.717, 1.165) is 17.7 Å². The number of piperidine rings is 1. The number of hydrogen-bond donors (Lipinski definition) is 0. The number of benzene rings is 2. The standard InChI is InChI=1S/C21H25FN2O3S/c1-16-3-5-17(6-4-16)15-23(2)21(25)18-11-13-24(14-12-18)28(26,27)20-9-7-19(22)8-10-20/h3-10,18H,11-15H2,1-2H3. The molecule has 1 aliphatic heterocycles. The van der Waals surface area contributed by atoms with Gasteiger partial charge in [-0.2, -0.15) is 4.31 Å². The molecule has 2 aromatic carbocycles. The molecular weight excluding hydrogens is 379 g/mol. The first-order chi connectivity index (χ1) is 13.3. The molecule has 150 valence electrons. The van der Waals surface area contributed by atoms with Crippen molar-refractivity contribution in [2.45, 2.75) is 31.2 Å². The van der Waals surface area contributed by atoms with Crippen LogP contribution >= 0.6 is 0 Å². The number of amides is 1. The van der Waals surface area contributed by atoms with Gasteiger partial charge in [0.25, 0.3) is 0 Å². The van der Waals surface area contributed by atoms with Gasteiger partial charge < -0.3 is 4.90 Å². The molecule has 3 rings (SSSR count). The van der Waals surface area contributed by atoms with Crippen LogP contribution in [0.5, 0.6) is 0 Å². The van der Waals surface area contributed by atoms with Crippen molar-refractivity contribution in [1.29, 1.82) is 0 Å². The highest BCUT2D eigenvalue weighted by Gasteiger charge is 2.33. The fraction of sp³-hybridized carbons (Fsp3) is 0.381. The Morgan fingerprint density at radius 2 is 1.64 bits per heavy atom. The highest BCUT2D eigenvalue weighted by molar-refractivity contribution is 7.89. The molecule has 2 aromatic rings. The van der Waals surface area contributed by atoms with E-state index in [4.69, 9.17) is 0 Å². The minimum atomic E-state index is -3.66. The van der Waals surface area contributed by atoms with E-state index >= 15 is 0 Å². The van der Waals surface area contributed by atoms with Gasteiger partial charge in [0, 0.05) is 32.6 Å². The number of halogens is 1. The molecule has 0 atom stereocenters. The van der Waals surface area contributed by atoms with Crippen LogP contribution in [0.15, 0.2) is 53.4 Å². The van der Waals surface area contributed by atoms with Gasteiger partial charge in [0.2, 0.25) is 15.9 Å². The van der Waals surface area contributed by atoms with Crippen LogP contribution in [0.3, 0.4) is 0 Å². The van der Waals surface area contributed by atoms with E-state index in [1.54, 1.807) is 11.9 Å². The molecule has 1 fully saturated rings. The van der Waals surface area contributed by atoms with Gasteiger partial charge in [-0.3, -0.25) is 4.79 Å². The van der Waals surface area contributed by atoms with E-state index in [1.807, 2.05) is 31.2 Å². The van der Waals surface area contributed by atoms with Crippen molar-refractivity contribution in [2.75, 3.05) is 20.1 Å². The van der Waals surface area contributed by atoms with Crippen molar-refractivity contribution in [2.24, 2.45) is 5.92 Å². The molecule has 0 spiro atoms. The highest BCUT2D eigenvalue weighted by Crippen LogP contribution is 2.25. The van der Waals surface area contributed by atoms with Gasteiger partial charge in [0.15, 0.2) is 0 Å². The van der Waals surface area contributed by atoms with Crippen molar-refractivity contribution in [1.82, 2.24) is 9.21 Å². The van der Waals surface area contributed by atoms with Crippen LogP contribution in [0, 0.1) is 18.7 Å². The maximum atomic E-state index is 13.1. The molecule has 1 amide bonds. The molecule has 0 aliphatic carbocycles. The van der Waals surface area contributed by atoms with Gasteiger partial charge in [0.1, 0.15) is 5.82 Å². The fourth-order valence-corrected chi connectivity index (χ4v) is 4.93. The summed E-state index contributed by atoms with van der Waals surface area (Å²) in [6.45, 7) is 3.13. The van der Waals surface area contributed by atoms with E-state index < -0.39 is 15.8 Å². The maximum absolute atomic E-state index is 13.1. The van der Waals surface area contributed by atoms with E-state index in [-0.39, 0.29) is 29.8 Å². The Kier molecular flexibility index (Phi) is 6.15. The lowest BCUT2D eigenvalue weighted by molar-refractivity contribution is -0.135. The number of nitrogens with zero attached hydrogens (tertiary/aromatic N) is 2. The van der Waals surface area contributed by atoms with E-state index in [0.29, 0.717) is 19.4 Å². The lowest BCUT2D eigenvalue weighted by Gasteiger charge is -2.32. The predicted molar refractivity (Wildman–Crippen MR) is 106 cm³/mol. The van der Waals surface area contributed by atoms with E-state index in [2.05, 4.69) is 0 Å². The molecule has 5 nitrogen and oxygen atoms in total. The van der Waals surface area contributed by atoms with Crippen LogP contribution in [-0.4, -0.2) is 43.7 Å². The molecule has 1 aliphatic rings. The number of rotatable bonds is 5. The van der Waals surface area contributed by atoms with Crippen molar-refractivity contribution in [3.63, 3.8) is 0 Å². The average molecular weight is 405 g/mol. The minimum absolute atomic E-state index is 0.0411. The molecule has 0 N–H and O–H groups in total. The second-order valence-electron chi connectivity index (χ2n) is 7.31. The Balaban J connectivity index is 1.58. The topological polar surface area (TPSA) is 57.7 Å². The zero-order valence-corrected chi connectivity index (χ0v) is 17.0. The Morgan fingerprint density at radius 3 is 2.21 bits per heavy atom. The quantitative estimate of drug-likeness (QED) is 0.769. The summed E-state index contributed by atoms with van der Waals surface area (Å²) < 4.78 is 39.8. The average Bonchev–Trinajstić information content (AvgIpc) is 2.69. The van der Waals surface area contributed by atoms with Crippen LogP contribution in [-0.2, 0) is 21.4 Å². The second kappa shape index (κ2) is 8.41. The number of aryl methyl sites for hydroxylation is 1. The van der Waals surface area contributed by atoms with Gasteiger partial charge in [-0.15, -0.1) is 0 Å². The smallest absolute Gasteiger partial charge is 0.243 e. The predicted octanol–water partition coefficient (Wildman–Crippen LogP) is 3.19. The molecule has 0 bridgehead atoms. The summed E-state index contributed by atoms with van der Waals surface area (Å²) >= 11 is 0. The van der Waals surface area contributed by atoms with Crippen LogP contribution in [0.4, 0.5) is 4.39 Å². The van der Waals surface area contributed by atoms with Crippen LogP contribution in [0.2, 0.25) is 0 Å². The third-order valence-corrected chi connectivity index (χ3v) is 7.08. The summed E-state index contributed by atoms with van der Waals surface area (Å²) in [4.78, 5) is 14.5.